The van der Waals surface area contributed by atoms with Crippen molar-refractivity contribution in [1.82, 2.24) is 4.89 Å². The lowest BCUT2D eigenvalue weighted by Crippen LogP contribution is -2.24. The van der Waals surface area contributed by atoms with Gasteiger partial charge in [0.1, 0.15) is 0 Å². The molecule has 0 aromatic heterocycles. The Morgan fingerprint density at radius 3 is 2.33 bits per heavy atom. The van der Waals surface area contributed by atoms with Crippen LogP contribution in [0, 0.1) is 17.0 Å². The van der Waals surface area contributed by atoms with Gasteiger partial charge in [-0.2, -0.15) is 0 Å². The van der Waals surface area contributed by atoms with E-state index in [1.165, 1.54) is 24.3 Å². The SMILES string of the molecule is Cc1ccc(S(=O)(=O)NOC/C=C/c2ccc([N+](=O)[O-])cc2)cc1. The van der Waals surface area contributed by atoms with Crippen LogP contribution in [0.15, 0.2) is 59.5 Å². The second kappa shape index (κ2) is 7.82. The van der Waals surface area contributed by atoms with Crippen LogP contribution in [-0.4, -0.2) is 19.9 Å². The summed E-state index contributed by atoms with van der Waals surface area (Å²) in [6, 6.07) is 12.3. The van der Waals surface area contributed by atoms with E-state index < -0.39 is 14.9 Å². The number of hydrogen-bond acceptors (Lipinski definition) is 5. The number of benzene rings is 2. The molecule has 1 N–H and O–H groups in total. The number of nitro benzene ring substituents is 1. The maximum absolute atomic E-state index is 12.0. The van der Waals surface area contributed by atoms with Gasteiger partial charge in [-0.15, -0.1) is 0 Å². The maximum Gasteiger partial charge on any atom is 0.269 e. The minimum atomic E-state index is -3.72. The number of nitrogens with one attached hydrogen (secondary N) is 1. The van der Waals surface area contributed by atoms with E-state index >= 15 is 0 Å². The molecule has 0 amide bonds. The lowest BCUT2D eigenvalue weighted by Gasteiger charge is -2.05. The van der Waals surface area contributed by atoms with Gasteiger partial charge in [0, 0.05) is 12.1 Å². The molecule has 0 atom stereocenters. The van der Waals surface area contributed by atoms with Gasteiger partial charge in [-0.05, 0) is 36.8 Å². The zero-order valence-electron chi connectivity index (χ0n) is 12.9. The Hall–Kier alpha value is -2.55. The molecule has 2 aromatic carbocycles. The standard InChI is InChI=1S/C16H16N2O5S/c1-13-4-10-16(11-5-13)24(21,22)17-23-12-2-3-14-6-8-15(9-7-14)18(19)20/h2-11,17H,12H2,1H3/b3-2+. The van der Waals surface area contributed by atoms with E-state index in [1.807, 2.05) is 11.8 Å². The number of nitrogens with zero attached hydrogens (tertiary/aromatic N) is 1. The first-order chi connectivity index (χ1) is 11.4. The zero-order valence-corrected chi connectivity index (χ0v) is 13.7. The van der Waals surface area contributed by atoms with Crippen molar-refractivity contribution in [2.75, 3.05) is 6.61 Å². The van der Waals surface area contributed by atoms with Crippen LogP contribution in [0.25, 0.3) is 6.08 Å². The molecule has 2 aromatic rings. The quantitative estimate of drug-likeness (QED) is 0.471. The maximum atomic E-state index is 12.0. The molecule has 0 spiro atoms. The largest absolute Gasteiger partial charge is 0.283 e. The number of aryl methyl sites for hydroxylation is 1. The molecule has 0 heterocycles. The first-order valence-corrected chi connectivity index (χ1v) is 8.48. The highest BCUT2D eigenvalue weighted by Gasteiger charge is 2.12. The molecule has 24 heavy (non-hydrogen) atoms. The third-order valence-electron chi connectivity index (χ3n) is 3.09. The molecule has 0 radical (unpaired) electrons. The Morgan fingerprint density at radius 1 is 1.12 bits per heavy atom. The van der Waals surface area contributed by atoms with E-state index in [9.17, 15) is 18.5 Å². The van der Waals surface area contributed by atoms with Gasteiger partial charge >= 0.3 is 0 Å². The predicted molar refractivity (Wildman–Crippen MR) is 89.6 cm³/mol. The lowest BCUT2D eigenvalue weighted by molar-refractivity contribution is -0.384. The van der Waals surface area contributed by atoms with E-state index in [4.69, 9.17) is 4.84 Å². The van der Waals surface area contributed by atoms with E-state index in [2.05, 4.69) is 0 Å². The van der Waals surface area contributed by atoms with Crippen LogP contribution in [0.3, 0.4) is 0 Å². The van der Waals surface area contributed by atoms with Crippen LogP contribution in [-0.2, 0) is 14.9 Å². The van der Waals surface area contributed by atoms with Gasteiger partial charge in [-0.3, -0.25) is 15.0 Å². The Morgan fingerprint density at radius 2 is 1.75 bits per heavy atom. The zero-order chi connectivity index (χ0) is 17.6. The van der Waals surface area contributed by atoms with Gasteiger partial charge in [0.25, 0.3) is 15.7 Å². The molecule has 0 saturated heterocycles. The van der Waals surface area contributed by atoms with Crippen molar-refractivity contribution in [3.05, 3.63) is 75.8 Å². The molecule has 0 aliphatic rings. The summed E-state index contributed by atoms with van der Waals surface area (Å²) in [5, 5.41) is 10.5. The van der Waals surface area contributed by atoms with Crippen LogP contribution in [0.1, 0.15) is 11.1 Å². The average molecular weight is 348 g/mol. The Labute approximate surface area is 139 Å². The van der Waals surface area contributed by atoms with Gasteiger partial charge in [-0.25, -0.2) is 8.42 Å². The molecule has 8 heteroatoms. The third-order valence-corrected chi connectivity index (χ3v) is 4.32. The summed E-state index contributed by atoms with van der Waals surface area (Å²) in [7, 11) is -3.72. The fraction of sp³-hybridized carbons (Fsp3) is 0.125. The minimum absolute atomic E-state index is 0.00857. The summed E-state index contributed by atoms with van der Waals surface area (Å²) >= 11 is 0. The average Bonchev–Trinajstić information content (AvgIpc) is 2.55. The monoisotopic (exact) mass is 348 g/mol. The van der Waals surface area contributed by atoms with E-state index in [-0.39, 0.29) is 17.2 Å². The number of nitro groups is 1. The van der Waals surface area contributed by atoms with E-state index in [1.54, 1.807) is 36.4 Å². The van der Waals surface area contributed by atoms with Crippen LogP contribution in [0.4, 0.5) is 5.69 Å². The summed E-state index contributed by atoms with van der Waals surface area (Å²) in [5.41, 5.74) is 1.71. The number of hydrogen-bond donors (Lipinski definition) is 1. The Bertz CT molecular complexity index is 828. The van der Waals surface area contributed by atoms with Crippen molar-refractivity contribution < 1.29 is 18.2 Å². The highest BCUT2D eigenvalue weighted by Crippen LogP contribution is 2.13. The summed E-state index contributed by atoms with van der Waals surface area (Å²) in [6.45, 7) is 1.88. The molecule has 7 nitrogen and oxygen atoms in total. The molecule has 0 unspecified atom stereocenters. The highest BCUT2D eigenvalue weighted by molar-refractivity contribution is 7.89. The molecule has 126 valence electrons. The van der Waals surface area contributed by atoms with Crippen molar-refractivity contribution in [2.45, 2.75) is 11.8 Å². The van der Waals surface area contributed by atoms with Crippen molar-refractivity contribution in [3.8, 4) is 0 Å². The smallest absolute Gasteiger partial charge is 0.269 e. The number of non-ortho nitro benzene ring substituents is 1. The minimum Gasteiger partial charge on any atom is -0.283 e. The van der Waals surface area contributed by atoms with Gasteiger partial charge < -0.3 is 0 Å². The first-order valence-electron chi connectivity index (χ1n) is 7.00. The Kier molecular flexibility index (Phi) is 5.80. The topological polar surface area (TPSA) is 98.5 Å². The third kappa shape index (κ3) is 4.98. The van der Waals surface area contributed by atoms with Crippen molar-refractivity contribution in [3.63, 3.8) is 0 Å². The van der Waals surface area contributed by atoms with Gasteiger partial charge in [0.15, 0.2) is 0 Å². The fourth-order valence-electron chi connectivity index (χ4n) is 1.82. The summed E-state index contributed by atoms with van der Waals surface area (Å²) < 4.78 is 23.9. The van der Waals surface area contributed by atoms with Crippen LogP contribution in [0.5, 0.6) is 0 Å². The molecule has 0 fully saturated rings. The van der Waals surface area contributed by atoms with Crippen molar-refractivity contribution in [1.29, 1.82) is 0 Å². The van der Waals surface area contributed by atoms with E-state index in [0.29, 0.717) is 0 Å². The molecular formula is C16H16N2O5S. The lowest BCUT2D eigenvalue weighted by atomic mass is 10.2. The number of rotatable bonds is 7. The van der Waals surface area contributed by atoms with Gasteiger partial charge in [0.05, 0.1) is 16.4 Å². The summed E-state index contributed by atoms with van der Waals surface area (Å²) in [5.74, 6) is 0. The van der Waals surface area contributed by atoms with Gasteiger partial charge in [0.2, 0.25) is 0 Å². The second-order valence-electron chi connectivity index (χ2n) is 4.96. The molecular weight excluding hydrogens is 332 g/mol. The van der Waals surface area contributed by atoms with Crippen molar-refractivity contribution in [2.24, 2.45) is 0 Å². The predicted octanol–water partition coefficient (Wildman–Crippen LogP) is 2.83. The van der Waals surface area contributed by atoms with Crippen LogP contribution < -0.4 is 4.89 Å². The summed E-state index contributed by atoms with van der Waals surface area (Å²) in [6.07, 6.45) is 3.27. The molecule has 2 rings (SSSR count). The van der Waals surface area contributed by atoms with Crippen LogP contribution >= 0.6 is 0 Å². The first kappa shape index (κ1) is 17.8. The fourth-order valence-corrected chi connectivity index (χ4v) is 2.63. The molecule has 0 saturated carbocycles. The molecule has 0 aliphatic heterocycles. The normalized spacial score (nSPS) is 11.7. The molecule has 0 bridgehead atoms. The Balaban J connectivity index is 1.85. The summed E-state index contributed by atoms with van der Waals surface area (Å²) in [4.78, 5) is 17.2. The van der Waals surface area contributed by atoms with Crippen molar-refractivity contribution >= 4 is 21.8 Å². The highest BCUT2D eigenvalue weighted by atomic mass is 32.2. The number of sulfonamides is 1. The van der Waals surface area contributed by atoms with E-state index in [0.717, 1.165) is 11.1 Å². The van der Waals surface area contributed by atoms with Crippen LogP contribution in [0.2, 0.25) is 0 Å². The van der Waals surface area contributed by atoms with Gasteiger partial charge in [-0.1, -0.05) is 34.7 Å². The second-order valence-corrected chi connectivity index (χ2v) is 6.61. The molecule has 0 aliphatic carbocycles.